The van der Waals surface area contributed by atoms with E-state index in [1.807, 2.05) is 24.3 Å². The van der Waals surface area contributed by atoms with Crippen LogP contribution in [0.25, 0.3) is 0 Å². The molecule has 1 amide bonds. The highest BCUT2D eigenvalue weighted by molar-refractivity contribution is 7.99. The number of carbonyl (C=O) groups excluding carboxylic acids is 2. The summed E-state index contributed by atoms with van der Waals surface area (Å²) in [4.78, 5) is 26.3. The number of alkyl halides is 3. The molecule has 2 aromatic rings. The Labute approximate surface area is 162 Å². The number of fused-ring (bicyclic) bond motifs is 1. The number of carbonyl (C=O) groups is 2. The van der Waals surface area contributed by atoms with Gasteiger partial charge in [0, 0.05) is 20.0 Å². The Hall–Kier alpha value is -2.56. The maximum atomic E-state index is 12.8. The Morgan fingerprint density at radius 1 is 1.25 bits per heavy atom. The molecule has 0 unspecified atom stereocenters. The Balaban J connectivity index is 1.75. The van der Waals surface area contributed by atoms with E-state index in [-0.39, 0.29) is 17.5 Å². The van der Waals surface area contributed by atoms with Crippen molar-refractivity contribution in [3.05, 3.63) is 41.2 Å². The monoisotopic (exact) mass is 414 g/mol. The van der Waals surface area contributed by atoms with Gasteiger partial charge in [0.15, 0.2) is 5.16 Å². The van der Waals surface area contributed by atoms with Gasteiger partial charge in [-0.2, -0.15) is 13.2 Å². The van der Waals surface area contributed by atoms with Crippen LogP contribution in [0.15, 0.2) is 29.4 Å². The highest BCUT2D eigenvalue weighted by Gasteiger charge is 2.38. The standard InChI is InChI=1S/C17H17F3N4O3S/c1-23-15(17(18,19)20)21-22-16(23)28-9-13(25)24-8-11-6-4-3-5-10(11)7-12(24)14(26)27-2/h3-6,12H,7-9H2,1-2H3/t12-/m1/s1. The summed E-state index contributed by atoms with van der Waals surface area (Å²) >= 11 is 0.834. The molecule has 3 rings (SSSR count). The maximum Gasteiger partial charge on any atom is 0.451 e. The van der Waals surface area contributed by atoms with Crippen LogP contribution in [0.4, 0.5) is 13.2 Å². The Morgan fingerprint density at radius 3 is 2.54 bits per heavy atom. The number of nitrogens with zero attached hydrogens (tertiary/aromatic N) is 4. The fraction of sp³-hybridized carbons (Fsp3) is 0.412. The molecule has 0 bridgehead atoms. The van der Waals surface area contributed by atoms with E-state index in [1.165, 1.54) is 19.1 Å². The molecule has 0 fully saturated rings. The van der Waals surface area contributed by atoms with Crippen molar-refractivity contribution in [3.8, 4) is 0 Å². The summed E-state index contributed by atoms with van der Waals surface area (Å²) in [5.41, 5.74) is 1.87. The minimum atomic E-state index is -4.63. The van der Waals surface area contributed by atoms with Crippen LogP contribution in [0, 0.1) is 0 Å². The van der Waals surface area contributed by atoms with E-state index in [0.29, 0.717) is 6.42 Å². The third-order valence-electron chi connectivity index (χ3n) is 4.46. The van der Waals surface area contributed by atoms with Crippen LogP contribution in [0.3, 0.4) is 0 Å². The van der Waals surface area contributed by atoms with Gasteiger partial charge in [0.2, 0.25) is 11.7 Å². The van der Waals surface area contributed by atoms with Gasteiger partial charge in [-0.3, -0.25) is 4.79 Å². The van der Waals surface area contributed by atoms with Crippen molar-refractivity contribution in [3.63, 3.8) is 0 Å². The van der Waals surface area contributed by atoms with E-state index in [4.69, 9.17) is 4.74 Å². The molecule has 1 aliphatic rings. The van der Waals surface area contributed by atoms with Crippen molar-refractivity contribution in [1.29, 1.82) is 0 Å². The number of halogens is 3. The summed E-state index contributed by atoms with van der Waals surface area (Å²) in [7, 11) is 2.43. The van der Waals surface area contributed by atoms with Gasteiger partial charge in [-0.05, 0) is 11.1 Å². The first kappa shape index (κ1) is 20.2. The number of thioether (sulfide) groups is 1. The summed E-state index contributed by atoms with van der Waals surface area (Å²) in [6, 6.07) is 6.67. The van der Waals surface area contributed by atoms with Crippen LogP contribution in [0.5, 0.6) is 0 Å². The van der Waals surface area contributed by atoms with Crippen LogP contribution in [-0.2, 0) is 40.5 Å². The zero-order chi connectivity index (χ0) is 20.5. The average Bonchev–Trinajstić information content (AvgIpc) is 3.05. The van der Waals surface area contributed by atoms with Gasteiger partial charge in [-0.15, -0.1) is 10.2 Å². The molecule has 11 heteroatoms. The first-order valence-electron chi connectivity index (χ1n) is 8.25. The number of esters is 1. The van der Waals surface area contributed by atoms with E-state index in [9.17, 15) is 22.8 Å². The molecule has 0 N–H and O–H groups in total. The molecule has 0 saturated carbocycles. The highest BCUT2D eigenvalue weighted by atomic mass is 32.2. The summed E-state index contributed by atoms with van der Waals surface area (Å²) in [6.45, 7) is 0.224. The van der Waals surface area contributed by atoms with Gasteiger partial charge < -0.3 is 14.2 Å². The van der Waals surface area contributed by atoms with Crippen molar-refractivity contribution in [2.75, 3.05) is 12.9 Å². The smallest absolute Gasteiger partial charge is 0.451 e. The van der Waals surface area contributed by atoms with Gasteiger partial charge in [0.25, 0.3) is 0 Å². The summed E-state index contributed by atoms with van der Waals surface area (Å²) in [6.07, 6.45) is -4.31. The van der Waals surface area contributed by atoms with E-state index in [1.54, 1.807) is 0 Å². The number of methoxy groups -OCH3 is 1. The molecule has 1 aromatic heterocycles. The molecular weight excluding hydrogens is 397 g/mol. The van der Waals surface area contributed by atoms with Gasteiger partial charge in [-0.25, -0.2) is 4.79 Å². The number of hydrogen-bond acceptors (Lipinski definition) is 6. The third-order valence-corrected chi connectivity index (χ3v) is 5.46. The van der Waals surface area contributed by atoms with Crippen LogP contribution >= 0.6 is 11.8 Å². The lowest BCUT2D eigenvalue weighted by Gasteiger charge is -2.35. The highest BCUT2D eigenvalue weighted by Crippen LogP contribution is 2.30. The second-order valence-electron chi connectivity index (χ2n) is 6.19. The topological polar surface area (TPSA) is 77.3 Å². The largest absolute Gasteiger partial charge is 0.467 e. The van der Waals surface area contributed by atoms with Crippen molar-refractivity contribution in [2.24, 2.45) is 7.05 Å². The predicted molar refractivity (Wildman–Crippen MR) is 93.2 cm³/mol. The van der Waals surface area contributed by atoms with Crippen LogP contribution in [0.2, 0.25) is 0 Å². The molecule has 0 aliphatic carbocycles. The Morgan fingerprint density at radius 2 is 1.93 bits per heavy atom. The zero-order valence-electron chi connectivity index (χ0n) is 15.1. The predicted octanol–water partition coefficient (Wildman–Crippen LogP) is 2.05. The molecule has 1 aromatic carbocycles. The molecule has 0 spiro atoms. The molecular formula is C17H17F3N4O3S. The fourth-order valence-electron chi connectivity index (χ4n) is 3.03. The van der Waals surface area contributed by atoms with Gasteiger partial charge >= 0.3 is 12.1 Å². The van der Waals surface area contributed by atoms with Crippen molar-refractivity contribution >= 4 is 23.6 Å². The summed E-state index contributed by atoms with van der Waals surface area (Å²) < 4.78 is 44.0. The van der Waals surface area contributed by atoms with E-state index < -0.39 is 29.9 Å². The van der Waals surface area contributed by atoms with Crippen molar-refractivity contribution in [1.82, 2.24) is 19.7 Å². The van der Waals surface area contributed by atoms with E-state index in [2.05, 4.69) is 10.2 Å². The SMILES string of the molecule is COC(=O)[C@H]1Cc2ccccc2CN1C(=O)CSc1nnc(C(F)(F)F)n1C. The molecule has 150 valence electrons. The van der Waals surface area contributed by atoms with Crippen LogP contribution in [-0.4, -0.2) is 50.4 Å². The number of hydrogen-bond donors (Lipinski definition) is 0. The molecule has 7 nitrogen and oxygen atoms in total. The minimum Gasteiger partial charge on any atom is -0.467 e. The lowest BCUT2D eigenvalue weighted by atomic mass is 9.94. The second-order valence-corrected chi connectivity index (χ2v) is 7.13. The molecule has 1 aliphatic heterocycles. The molecule has 2 heterocycles. The van der Waals surface area contributed by atoms with Crippen molar-refractivity contribution in [2.45, 2.75) is 30.3 Å². The maximum absolute atomic E-state index is 12.8. The lowest BCUT2D eigenvalue weighted by molar-refractivity contribution is -0.153. The number of aromatic nitrogens is 3. The summed E-state index contributed by atoms with van der Waals surface area (Å²) in [5.74, 6) is -2.25. The van der Waals surface area contributed by atoms with Gasteiger partial charge in [0.05, 0.1) is 12.9 Å². The van der Waals surface area contributed by atoms with E-state index >= 15 is 0 Å². The molecule has 1 atom stereocenters. The summed E-state index contributed by atoms with van der Waals surface area (Å²) in [5, 5.41) is 6.60. The van der Waals surface area contributed by atoms with Gasteiger partial charge in [-0.1, -0.05) is 36.0 Å². The zero-order valence-corrected chi connectivity index (χ0v) is 15.9. The first-order chi connectivity index (χ1) is 13.2. The number of benzene rings is 1. The fourth-order valence-corrected chi connectivity index (χ4v) is 3.83. The van der Waals surface area contributed by atoms with E-state index in [0.717, 1.165) is 27.5 Å². The average molecular weight is 414 g/mol. The number of rotatable bonds is 4. The Bertz CT molecular complexity index is 900. The van der Waals surface area contributed by atoms with Crippen LogP contribution < -0.4 is 0 Å². The second kappa shape index (κ2) is 7.82. The number of ether oxygens (including phenoxy) is 1. The molecule has 0 saturated heterocycles. The molecule has 28 heavy (non-hydrogen) atoms. The van der Waals surface area contributed by atoms with Crippen LogP contribution in [0.1, 0.15) is 17.0 Å². The minimum absolute atomic E-state index is 0.0345. The number of amides is 1. The van der Waals surface area contributed by atoms with Crippen molar-refractivity contribution < 1.29 is 27.5 Å². The quantitative estimate of drug-likeness (QED) is 0.563. The van der Waals surface area contributed by atoms with Gasteiger partial charge in [0.1, 0.15) is 6.04 Å². The third kappa shape index (κ3) is 3.98. The molecule has 0 radical (unpaired) electrons. The Kier molecular flexibility index (Phi) is 5.64. The lowest BCUT2D eigenvalue weighted by Crippen LogP contribution is -2.49. The first-order valence-corrected chi connectivity index (χ1v) is 9.24. The normalized spacial score (nSPS) is 16.6.